The molecular weight excluding hydrogens is 496 g/mol. The van der Waals surface area contributed by atoms with E-state index in [2.05, 4.69) is 38.1 Å². The largest absolute Gasteiger partial charge is 0.411 e. The summed E-state index contributed by atoms with van der Waals surface area (Å²) in [5, 5.41) is 11.6. The SMILES string of the molecule is O=C(CSc1nnc(-c2ccc(I)cc2)o1)Nc1cccc(Cl)c1Cl. The quantitative estimate of drug-likeness (QED) is 0.372. The van der Waals surface area contributed by atoms with Crippen LogP contribution in [0.25, 0.3) is 11.5 Å². The summed E-state index contributed by atoms with van der Waals surface area (Å²) < 4.78 is 6.68. The third-order valence-corrected chi connectivity index (χ3v) is 5.41. The molecule has 0 bridgehead atoms. The van der Waals surface area contributed by atoms with E-state index in [1.807, 2.05) is 24.3 Å². The van der Waals surface area contributed by atoms with E-state index in [-0.39, 0.29) is 11.7 Å². The average molecular weight is 506 g/mol. The Bertz CT molecular complexity index is 903. The summed E-state index contributed by atoms with van der Waals surface area (Å²) in [7, 11) is 0. The highest BCUT2D eigenvalue weighted by atomic mass is 127. The van der Waals surface area contributed by atoms with Gasteiger partial charge in [0.15, 0.2) is 0 Å². The van der Waals surface area contributed by atoms with Crippen LogP contribution in [0.1, 0.15) is 0 Å². The summed E-state index contributed by atoms with van der Waals surface area (Å²) in [4.78, 5) is 12.0. The molecule has 1 N–H and O–H groups in total. The molecule has 0 unspecified atom stereocenters. The molecule has 1 heterocycles. The highest BCUT2D eigenvalue weighted by molar-refractivity contribution is 14.1. The van der Waals surface area contributed by atoms with Gasteiger partial charge in [0, 0.05) is 9.13 Å². The summed E-state index contributed by atoms with van der Waals surface area (Å²) in [5.41, 5.74) is 1.29. The van der Waals surface area contributed by atoms with Gasteiger partial charge in [-0.05, 0) is 59.0 Å². The lowest BCUT2D eigenvalue weighted by atomic mass is 10.2. The van der Waals surface area contributed by atoms with Gasteiger partial charge in [0.25, 0.3) is 5.22 Å². The van der Waals surface area contributed by atoms with E-state index in [1.165, 1.54) is 0 Å². The second-order valence-corrected chi connectivity index (χ2v) is 7.78. The van der Waals surface area contributed by atoms with Crippen LogP contribution in [-0.4, -0.2) is 21.9 Å². The molecule has 0 spiro atoms. The molecule has 0 saturated heterocycles. The summed E-state index contributed by atoms with van der Waals surface area (Å²) >= 11 is 15.3. The molecule has 128 valence electrons. The van der Waals surface area contributed by atoms with Crippen LogP contribution in [0.5, 0.6) is 0 Å². The van der Waals surface area contributed by atoms with Gasteiger partial charge in [-0.3, -0.25) is 4.79 Å². The highest BCUT2D eigenvalue weighted by Gasteiger charge is 2.13. The number of nitrogens with one attached hydrogen (secondary N) is 1. The smallest absolute Gasteiger partial charge is 0.277 e. The van der Waals surface area contributed by atoms with Crippen molar-refractivity contribution in [1.29, 1.82) is 0 Å². The zero-order chi connectivity index (χ0) is 17.8. The second kappa shape index (κ2) is 8.39. The lowest BCUT2D eigenvalue weighted by Crippen LogP contribution is -2.14. The Balaban J connectivity index is 1.59. The Hall–Kier alpha value is -1.29. The molecule has 0 radical (unpaired) electrons. The predicted molar refractivity (Wildman–Crippen MR) is 108 cm³/mol. The van der Waals surface area contributed by atoms with E-state index in [0.29, 0.717) is 26.8 Å². The number of hydrogen-bond acceptors (Lipinski definition) is 5. The maximum absolute atomic E-state index is 12.0. The van der Waals surface area contributed by atoms with Crippen molar-refractivity contribution >= 4 is 69.1 Å². The van der Waals surface area contributed by atoms with Crippen molar-refractivity contribution < 1.29 is 9.21 Å². The first kappa shape index (κ1) is 18.5. The van der Waals surface area contributed by atoms with Gasteiger partial charge < -0.3 is 9.73 Å². The third kappa shape index (κ3) is 4.87. The minimum Gasteiger partial charge on any atom is -0.411 e. The van der Waals surface area contributed by atoms with Crippen molar-refractivity contribution in [1.82, 2.24) is 10.2 Å². The van der Waals surface area contributed by atoms with Crippen LogP contribution in [-0.2, 0) is 4.79 Å². The first-order valence-corrected chi connectivity index (χ1v) is 9.81. The lowest BCUT2D eigenvalue weighted by Gasteiger charge is -2.07. The summed E-state index contributed by atoms with van der Waals surface area (Å²) in [5.74, 6) is 0.275. The number of rotatable bonds is 5. The van der Waals surface area contributed by atoms with Crippen molar-refractivity contribution in [3.05, 3.63) is 56.1 Å². The number of hydrogen-bond donors (Lipinski definition) is 1. The summed E-state index contributed by atoms with van der Waals surface area (Å²) in [6.45, 7) is 0. The number of halogens is 3. The van der Waals surface area contributed by atoms with E-state index in [0.717, 1.165) is 20.9 Å². The molecule has 1 amide bonds. The van der Waals surface area contributed by atoms with E-state index in [9.17, 15) is 4.79 Å². The summed E-state index contributed by atoms with van der Waals surface area (Å²) in [6, 6.07) is 12.7. The van der Waals surface area contributed by atoms with Gasteiger partial charge in [-0.25, -0.2) is 0 Å². The number of carbonyl (C=O) groups is 1. The van der Waals surface area contributed by atoms with Gasteiger partial charge in [-0.1, -0.05) is 41.0 Å². The molecule has 0 aliphatic heterocycles. The number of thioether (sulfide) groups is 1. The van der Waals surface area contributed by atoms with Crippen molar-refractivity contribution in [2.75, 3.05) is 11.1 Å². The average Bonchev–Trinajstić information content (AvgIpc) is 3.07. The molecule has 0 aliphatic rings. The van der Waals surface area contributed by atoms with Crippen LogP contribution in [0.3, 0.4) is 0 Å². The van der Waals surface area contributed by atoms with Gasteiger partial charge in [-0.2, -0.15) is 0 Å². The van der Waals surface area contributed by atoms with Gasteiger partial charge in [0.05, 0.1) is 21.5 Å². The molecule has 0 atom stereocenters. The maximum atomic E-state index is 12.0. The molecular formula is C16H10Cl2IN3O2S. The standard InChI is InChI=1S/C16H10Cl2IN3O2S/c17-11-2-1-3-12(14(11)18)20-13(23)8-25-16-22-21-15(24-16)9-4-6-10(19)7-5-9/h1-7H,8H2,(H,20,23). The number of anilines is 1. The van der Waals surface area contributed by atoms with E-state index >= 15 is 0 Å². The van der Waals surface area contributed by atoms with Gasteiger partial charge in [0.1, 0.15) is 0 Å². The van der Waals surface area contributed by atoms with Crippen LogP contribution >= 0.6 is 57.6 Å². The Kier molecular flexibility index (Phi) is 6.21. The van der Waals surface area contributed by atoms with Gasteiger partial charge in [0.2, 0.25) is 11.8 Å². The molecule has 9 heteroatoms. The fourth-order valence-electron chi connectivity index (χ4n) is 1.89. The normalized spacial score (nSPS) is 10.7. The third-order valence-electron chi connectivity index (χ3n) is 3.05. The monoisotopic (exact) mass is 505 g/mol. The maximum Gasteiger partial charge on any atom is 0.277 e. The van der Waals surface area contributed by atoms with E-state index < -0.39 is 0 Å². The molecule has 0 aliphatic carbocycles. The molecule has 3 aromatic rings. The number of aromatic nitrogens is 2. The Morgan fingerprint density at radius 1 is 1.16 bits per heavy atom. The van der Waals surface area contributed by atoms with Crippen LogP contribution in [0, 0.1) is 3.57 Å². The second-order valence-electron chi connectivity index (χ2n) is 4.82. The first-order chi connectivity index (χ1) is 12.0. The highest BCUT2D eigenvalue weighted by Crippen LogP contribution is 2.30. The molecule has 0 saturated carbocycles. The van der Waals surface area contributed by atoms with Crippen molar-refractivity contribution in [2.24, 2.45) is 0 Å². The fraction of sp³-hybridized carbons (Fsp3) is 0.0625. The zero-order valence-electron chi connectivity index (χ0n) is 12.5. The minimum absolute atomic E-state index is 0.108. The molecule has 25 heavy (non-hydrogen) atoms. The van der Waals surface area contributed by atoms with Crippen LogP contribution in [0.4, 0.5) is 5.69 Å². The van der Waals surface area contributed by atoms with Crippen molar-refractivity contribution in [3.63, 3.8) is 0 Å². The number of benzene rings is 2. The number of carbonyl (C=O) groups excluding carboxylic acids is 1. The topological polar surface area (TPSA) is 68.0 Å². The molecule has 3 rings (SSSR count). The molecule has 5 nitrogen and oxygen atoms in total. The minimum atomic E-state index is -0.247. The fourth-order valence-corrected chi connectivity index (χ4v) is 3.16. The van der Waals surface area contributed by atoms with E-state index in [1.54, 1.807) is 18.2 Å². The Morgan fingerprint density at radius 3 is 2.68 bits per heavy atom. The zero-order valence-corrected chi connectivity index (χ0v) is 17.0. The Morgan fingerprint density at radius 2 is 1.92 bits per heavy atom. The number of amides is 1. The van der Waals surface area contributed by atoms with Crippen LogP contribution < -0.4 is 5.32 Å². The van der Waals surface area contributed by atoms with Crippen molar-refractivity contribution in [3.8, 4) is 11.5 Å². The number of nitrogens with zero attached hydrogens (tertiary/aromatic N) is 2. The molecule has 0 fully saturated rings. The predicted octanol–water partition coefficient (Wildman–Crippen LogP) is 5.38. The molecule has 2 aromatic carbocycles. The first-order valence-electron chi connectivity index (χ1n) is 6.99. The lowest BCUT2D eigenvalue weighted by molar-refractivity contribution is -0.113. The van der Waals surface area contributed by atoms with Gasteiger partial charge in [-0.15, -0.1) is 10.2 Å². The molecule has 1 aromatic heterocycles. The van der Waals surface area contributed by atoms with Gasteiger partial charge >= 0.3 is 0 Å². The van der Waals surface area contributed by atoms with E-state index in [4.69, 9.17) is 27.6 Å². The Labute approximate surface area is 171 Å². The van der Waals surface area contributed by atoms with Crippen LogP contribution in [0.2, 0.25) is 10.0 Å². The summed E-state index contributed by atoms with van der Waals surface area (Å²) in [6.07, 6.45) is 0. The van der Waals surface area contributed by atoms with Crippen molar-refractivity contribution in [2.45, 2.75) is 5.22 Å². The van der Waals surface area contributed by atoms with Crippen LogP contribution in [0.15, 0.2) is 52.1 Å².